The van der Waals surface area contributed by atoms with Crippen LogP contribution < -0.4 is 5.32 Å². The molecule has 0 bridgehead atoms. The summed E-state index contributed by atoms with van der Waals surface area (Å²) in [6, 6.07) is 7.88. The lowest BCUT2D eigenvalue weighted by Crippen LogP contribution is -2.07. The number of halogens is 2. The van der Waals surface area contributed by atoms with Crippen LogP contribution in [0.25, 0.3) is 28.1 Å². The second-order valence-electron chi connectivity index (χ2n) is 6.16. The number of benzene rings is 1. The highest BCUT2D eigenvalue weighted by atomic mass is 35.5. The van der Waals surface area contributed by atoms with Gasteiger partial charge >= 0.3 is 0 Å². The van der Waals surface area contributed by atoms with Gasteiger partial charge in [-0.1, -0.05) is 16.8 Å². The van der Waals surface area contributed by atoms with Gasteiger partial charge < -0.3 is 5.32 Å². The molecular weight excluding hydrogens is 409 g/mol. The molecule has 0 spiro atoms. The molecule has 1 N–H and O–H groups in total. The third kappa shape index (κ3) is 3.29. The largest absolute Gasteiger partial charge is 0.324 e. The van der Waals surface area contributed by atoms with Crippen molar-refractivity contribution in [2.24, 2.45) is 0 Å². The zero-order valence-corrected chi connectivity index (χ0v) is 15.9. The maximum Gasteiger partial charge on any atom is 0.229 e. The van der Waals surface area contributed by atoms with Crippen LogP contribution in [-0.4, -0.2) is 39.9 Å². The van der Waals surface area contributed by atoms with Gasteiger partial charge in [0.25, 0.3) is 0 Å². The molecule has 0 aliphatic rings. The van der Waals surface area contributed by atoms with Crippen LogP contribution in [0, 0.1) is 5.82 Å². The molecule has 9 nitrogen and oxygen atoms in total. The van der Waals surface area contributed by atoms with E-state index in [0.717, 1.165) is 0 Å². The van der Waals surface area contributed by atoms with Crippen molar-refractivity contribution in [3.05, 3.63) is 72.3 Å². The SMILES string of the molecule is Fc1ccc(Nc2ncc(-c3cncnc3)c(-n3nnc4ncccc43)n2)cc1Cl. The maximum absolute atomic E-state index is 13.4. The smallest absolute Gasteiger partial charge is 0.229 e. The van der Waals surface area contributed by atoms with Gasteiger partial charge in [0.05, 0.1) is 5.02 Å². The Kier molecular flexibility index (Phi) is 4.45. The maximum atomic E-state index is 13.4. The first-order chi connectivity index (χ1) is 14.7. The minimum absolute atomic E-state index is 0.00776. The Morgan fingerprint density at radius 3 is 2.73 bits per heavy atom. The Balaban J connectivity index is 1.65. The molecule has 0 radical (unpaired) electrons. The number of rotatable bonds is 4. The van der Waals surface area contributed by atoms with Gasteiger partial charge in [-0.3, -0.25) is 0 Å². The van der Waals surface area contributed by atoms with E-state index in [1.54, 1.807) is 35.5 Å². The summed E-state index contributed by atoms with van der Waals surface area (Å²) in [5, 5.41) is 11.3. The topological polar surface area (TPSA) is 107 Å². The van der Waals surface area contributed by atoms with E-state index in [-0.39, 0.29) is 11.0 Å². The van der Waals surface area contributed by atoms with Crippen molar-refractivity contribution < 1.29 is 4.39 Å². The quantitative estimate of drug-likeness (QED) is 0.471. The van der Waals surface area contributed by atoms with E-state index in [2.05, 4.69) is 40.5 Å². The summed E-state index contributed by atoms with van der Waals surface area (Å²) in [5.41, 5.74) is 3.04. The van der Waals surface area contributed by atoms with Gasteiger partial charge in [-0.25, -0.2) is 24.3 Å². The first-order valence-corrected chi connectivity index (χ1v) is 9.08. The normalized spacial score (nSPS) is 11.0. The van der Waals surface area contributed by atoms with Gasteiger partial charge in [0.15, 0.2) is 5.82 Å². The van der Waals surface area contributed by atoms with Gasteiger partial charge in [-0.15, -0.1) is 5.10 Å². The minimum atomic E-state index is -0.509. The number of pyridine rings is 1. The van der Waals surface area contributed by atoms with Gasteiger partial charge in [0.1, 0.15) is 17.7 Å². The van der Waals surface area contributed by atoms with E-state index < -0.39 is 5.82 Å². The van der Waals surface area contributed by atoms with Crippen molar-refractivity contribution in [3.8, 4) is 16.9 Å². The highest BCUT2D eigenvalue weighted by Crippen LogP contribution is 2.27. The third-order valence-electron chi connectivity index (χ3n) is 4.24. The molecular formula is C19H11ClFN9. The van der Waals surface area contributed by atoms with Gasteiger partial charge in [0, 0.05) is 41.6 Å². The summed E-state index contributed by atoms with van der Waals surface area (Å²) >= 11 is 5.86. The van der Waals surface area contributed by atoms with Crippen molar-refractivity contribution in [1.82, 2.24) is 39.9 Å². The molecule has 5 rings (SSSR count). The zero-order chi connectivity index (χ0) is 20.5. The Morgan fingerprint density at radius 1 is 1.03 bits per heavy atom. The van der Waals surface area contributed by atoms with Gasteiger partial charge in [0.2, 0.25) is 11.6 Å². The second kappa shape index (κ2) is 7.41. The Morgan fingerprint density at radius 2 is 1.90 bits per heavy atom. The lowest BCUT2D eigenvalue weighted by molar-refractivity contribution is 0.628. The van der Waals surface area contributed by atoms with Crippen LogP contribution in [0.2, 0.25) is 5.02 Å². The van der Waals surface area contributed by atoms with Crippen LogP contribution >= 0.6 is 11.6 Å². The van der Waals surface area contributed by atoms with E-state index in [9.17, 15) is 4.39 Å². The summed E-state index contributed by atoms with van der Waals surface area (Å²) in [6.45, 7) is 0. The Hall–Kier alpha value is -4.05. The molecule has 0 aliphatic carbocycles. The first-order valence-electron chi connectivity index (χ1n) is 8.70. The zero-order valence-electron chi connectivity index (χ0n) is 15.1. The van der Waals surface area contributed by atoms with E-state index in [1.165, 1.54) is 24.5 Å². The van der Waals surface area contributed by atoms with E-state index in [0.29, 0.717) is 33.8 Å². The van der Waals surface area contributed by atoms with E-state index >= 15 is 0 Å². The molecule has 0 fully saturated rings. The Labute approximate surface area is 173 Å². The average molecular weight is 420 g/mol. The lowest BCUT2D eigenvalue weighted by atomic mass is 10.1. The van der Waals surface area contributed by atoms with Crippen LogP contribution in [0.1, 0.15) is 0 Å². The standard InChI is InChI=1S/C19H11ClFN9/c20-14-6-12(3-4-15(14)21)26-19-25-9-13(11-7-22-10-23-8-11)18(27-19)30-16-2-1-5-24-17(16)28-29-30/h1-10H,(H,25,26,27). The van der Waals surface area contributed by atoms with Crippen molar-refractivity contribution in [1.29, 1.82) is 0 Å². The highest BCUT2D eigenvalue weighted by Gasteiger charge is 2.16. The van der Waals surface area contributed by atoms with E-state index in [1.807, 2.05) is 6.07 Å². The summed E-state index contributed by atoms with van der Waals surface area (Å²) in [4.78, 5) is 21.3. The third-order valence-corrected chi connectivity index (χ3v) is 4.53. The number of hydrogen-bond acceptors (Lipinski definition) is 8. The molecule has 146 valence electrons. The van der Waals surface area contributed by atoms with Crippen LogP contribution in [-0.2, 0) is 0 Å². The predicted molar refractivity (Wildman–Crippen MR) is 108 cm³/mol. The molecule has 0 saturated carbocycles. The average Bonchev–Trinajstić information content (AvgIpc) is 3.21. The fraction of sp³-hybridized carbons (Fsp3) is 0. The number of nitrogens with one attached hydrogen (secondary N) is 1. The molecule has 0 unspecified atom stereocenters. The number of anilines is 2. The van der Waals surface area contributed by atoms with Crippen LogP contribution in [0.5, 0.6) is 0 Å². The van der Waals surface area contributed by atoms with Crippen LogP contribution in [0.4, 0.5) is 16.0 Å². The van der Waals surface area contributed by atoms with Crippen LogP contribution in [0.15, 0.2) is 61.4 Å². The van der Waals surface area contributed by atoms with Crippen molar-refractivity contribution >= 4 is 34.4 Å². The van der Waals surface area contributed by atoms with Gasteiger partial charge in [-0.05, 0) is 30.3 Å². The monoisotopic (exact) mass is 419 g/mol. The fourth-order valence-corrected chi connectivity index (χ4v) is 3.04. The van der Waals surface area contributed by atoms with Crippen molar-refractivity contribution in [2.75, 3.05) is 5.32 Å². The number of aromatic nitrogens is 8. The van der Waals surface area contributed by atoms with Crippen LogP contribution in [0.3, 0.4) is 0 Å². The Bertz CT molecular complexity index is 1360. The summed E-state index contributed by atoms with van der Waals surface area (Å²) in [5.74, 6) is 0.205. The molecule has 0 atom stereocenters. The van der Waals surface area contributed by atoms with E-state index in [4.69, 9.17) is 11.6 Å². The summed E-state index contributed by atoms with van der Waals surface area (Å²) < 4.78 is 15.0. The summed E-state index contributed by atoms with van der Waals surface area (Å²) in [6.07, 6.45) is 8.00. The molecule has 4 heterocycles. The number of nitrogens with zero attached hydrogens (tertiary/aromatic N) is 8. The first kappa shape index (κ1) is 18.0. The number of hydrogen-bond donors (Lipinski definition) is 1. The molecule has 0 amide bonds. The molecule has 0 aliphatic heterocycles. The molecule has 4 aromatic heterocycles. The van der Waals surface area contributed by atoms with Gasteiger partial charge in [-0.2, -0.15) is 9.67 Å². The van der Waals surface area contributed by atoms with Crippen molar-refractivity contribution in [3.63, 3.8) is 0 Å². The fourth-order valence-electron chi connectivity index (χ4n) is 2.86. The summed E-state index contributed by atoms with van der Waals surface area (Å²) in [7, 11) is 0. The molecule has 11 heteroatoms. The second-order valence-corrected chi connectivity index (χ2v) is 6.57. The minimum Gasteiger partial charge on any atom is -0.324 e. The lowest BCUT2D eigenvalue weighted by Gasteiger charge is -2.11. The number of fused-ring (bicyclic) bond motifs is 1. The molecule has 5 aromatic rings. The highest BCUT2D eigenvalue weighted by molar-refractivity contribution is 6.31. The van der Waals surface area contributed by atoms with Crippen molar-refractivity contribution in [2.45, 2.75) is 0 Å². The molecule has 30 heavy (non-hydrogen) atoms. The predicted octanol–water partition coefficient (Wildman–Crippen LogP) is 3.60. The molecule has 1 aromatic carbocycles. The molecule has 0 saturated heterocycles.